The van der Waals surface area contributed by atoms with Crippen LogP contribution in [0, 0.1) is 20.8 Å². The van der Waals surface area contributed by atoms with Crippen LogP contribution in [0.3, 0.4) is 0 Å². The van der Waals surface area contributed by atoms with Gasteiger partial charge in [0.15, 0.2) is 5.16 Å². The third-order valence-corrected chi connectivity index (χ3v) is 6.86. The first kappa shape index (κ1) is 20.4. The van der Waals surface area contributed by atoms with Gasteiger partial charge in [-0.1, -0.05) is 42.1 Å². The van der Waals surface area contributed by atoms with Crippen LogP contribution in [0.15, 0.2) is 64.5 Å². The maximum Gasteiger partial charge on any atom is 0.267 e. The Bertz CT molecular complexity index is 1290. The Morgan fingerprint density at radius 3 is 2.60 bits per heavy atom. The normalized spacial score (nSPS) is 11.0. The van der Waals surface area contributed by atoms with Crippen LogP contribution in [0.25, 0.3) is 15.9 Å². The Kier molecular flexibility index (Phi) is 5.74. The number of benzene rings is 2. The number of carbonyl (C=O) groups is 1. The molecule has 152 valence electrons. The molecule has 30 heavy (non-hydrogen) atoms. The summed E-state index contributed by atoms with van der Waals surface area (Å²) in [6, 6.07) is 17.1. The number of thioether (sulfide) groups is 1. The molecule has 0 atom stereocenters. The van der Waals surface area contributed by atoms with Gasteiger partial charge in [-0.05, 0) is 56.2 Å². The molecule has 4 rings (SSSR count). The summed E-state index contributed by atoms with van der Waals surface area (Å²) in [7, 11) is 0. The Morgan fingerprint density at radius 2 is 1.87 bits per heavy atom. The topological polar surface area (TPSA) is 64.0 Å². The largest absolute Gasteiger partial charge is 0.325 e. The third-order valence-electron chi connectivity index (χ3n) is 4.82. The fraction of sp³-hybridized carbons (Fsp3) is 0.174. The lowest BCUT2D eigenvalue weighted by molar-refractivity contribution is -0.113. The van der Waals surface area contributed by atoms with Gasteiger partial charge in [0, 0.05) is 10.6 Å². The minimum atomic E-state index is -0.144. The Hall–Kier alpha value is -2.90. The molecule has 0 saturated heterocycles. The van der Waals surface area contributed by atoms with E-state index in [1.54, 1.807) is 4.57 Å². The predicted molar refractivity (Wildman–Crippen MR) is 125 cm³/mol. The molecular formula is C23H21N3O2S2. The maximum atomic E-state index is 13.4. The molecule has 2 heterocycles. The van der Waals surface area contributed by atoms with E-state index in [0.29, 0.717) is 15.4 Å². The SMILES string of the molecule is Cc1cccc(-n2c(SCC(=O)Nc3ccccc3)nc3sc(C)c(C)c3c2=O)c1. The van der Waals surface area contributed by atoms with Gasteiger partial charge < -0.3 is 5.32 Å². The monoisotopic (exact) mass is 435 g/mol. The number of para-hydroxylation sites is 1. The van der Waals surface area contributed by atoms with Crippen molar-refractivity contribution in [3.8, 4) is 5.69 Å². The number of anilines is 1. The van der Waals surface area contributed by atoms with Crippen molar-refractivity contribution in [3.63, 3.8) is 0 Å². The van der Waals surface area contributed by atoms with Gasteiger partial charge in [-0.2, -0.15) is 0 Å². The number of aromatic nitrogens is 2. The molecule has 1 N–H and O–H groups in total. The molecular weight excluding hydrogens is 414 g/mol. The minimum absolute atomic E-state index is 0.0987. The lowest BCUT2D eigenvalue weighted by atomic mass is 10.2. The number of nitrogens with zero attached hydrogens (tertiary/aromatic N) is 2. The summed E-state index contributed by atoms with van der Waals surface area (Å²) in [5, 5.41) is 4.04. The molecule has 0 unspecified atom stereocenters. The molecule has 0 aliphatic rings. The number of hydrogen-bond donors (Lipinski definition) is 1. The van der Waals surface area contributed by atoms with Gasteiger partial charge in [-0.3, -0.25) is 14.2 Å². The fourth-order valence-corrected chi connectivity index (χ4v) is 5.10. The maximum absolute atomic E-state index is 13.4. The van der Waals surface area contributed by atoms with Gasteiger partial charge >= 0.3 is 0 Å². The molecule has 0 radical (unpaired) electrons. The third kappa shape index (κ3) is 4.04. The summed E-state index contributed by atoms with van der Waals surface area (Å²) in [6.07, 6.45) is 0. The Morgan fingerprint density at radius 1 is 1.10 bits per heavy atom. The lowest BCUT2D eigenvalue weighted by Gasteiger charge is -2.13. The molecule has 4 aromatic rings. The van der Waals surface area contributed by atoms with E-state index in [0.717, 1.165) is 27.4 Å². The first-order valence-electron chi connectivity index (χ1n) is 9.51. The van der Waals surface area contributed by atoms with E-state index in [-0.39, 0.29) is 17.2 Å². The van der Waals surface area contributed by atoms with Gasteiger partial charge in [0.2, 0.25) is 5.91 Å². The van der Waals surface area contributed by atoms with Crippen LogP contribution in [-0.4, -0.2) is 21.2 Å². The number of thiophene rings is 1. The highest BCUT2D eigenvalue weighted by Crippen LogP contribution is 2.29. The summed E-state index contributed by atoms with van der Waals surface area (Å²) in [5.41, 5.74) is 3.41. The van der Waals surface area contributed by atoms with E-state index >= 15 is 0 Å². The van der Waals surface area contributed by atoms with E-state index in [4.69, 9.17) is 4.98 Å². The van der Waals surface area contributed by atoms with Crippen molar-refractivity contribution in [2.75, 3.05) is 11.1 Å². The molecule has 0 aliphatic heterocycles. The fourth-order valence-electron chi connectivity index (χ4n) is 3.22. The van der Waals surface area contributed by atoms with Crippen LogP contribution in [0.4, 0.5) is 5.69 Å². The predicted octanol–water partition coefficient (Wildman–Crippen LogP) is 5.10. The highest BCUT2D eigenvalue weighted by atomic mass is 32.2. The van der Waals surface area contributed by atoms with Crippen LogP contribution in [0.1, 0.15) is 16.0 Å². The summed E-state index contributed by atoms with van der Waals surface area (Å²) < 4.78 is 1.62. The molecule has 7 heteroatoms. The summed E-state index contributed by atoms with van der Waals surface area (Å²) >= 11 is 2.78. The second-order valence-corrected chi connectivity index (χ2v) is 9.19. The van der Waals surface area contributed by atoms with Gasteiger partial charge in [-0.15, -0.1) is 11.3 Å². The average Bonchev–Trinajstić information content (AvgIpc) is 3.01. The molecule has 0 spiro atoms. The zero-order chi connectivity index (χ0) is 21.3. The summed E-state index contributed by atoms with van der Waals surface area (Å²) in [5.74, 6) is 0.0111. The summed E-state index contributed by atoms with van der Waals surface area (Å²) in [4.78, 5) is 32.5. The van der Waals surface area contributed by atoms with Crippen LogP contribution in [0.5, 0.6) is 0 Å². The Balaban J connectivity index is 1.73. The second kappa shape index (κ2) is 8.45. The quantitative estimate of drug-likeness (QED) is 0.350. The number of rotatable bonds is 5. The van der Waals surface area contributed by atoms with Crippen LogP contribution >= 0.6 is 23.1 Å². The van der Waals surface area contributed by atoms with E-state index in [2.05, 4.69) is 5.32 Å². The van der Waals surface area contributed by atoms with Gasteiger partial charge in [0.1, 0.15) is 4.83 Å². The van der Waals surface area contributed by atoms with Crippen molar-refractivity contribution in [2.45, 2.75) is 25.9 Å². The highest BCUT2D eigenvalue weighted by Gasteiger charge is 2.19. The number of amides is 1. The Labute approximate surface area is 182 Å². The van der Waals surface area contributed by atoms with E-state index in [9.17, 15) is 9.59 Å². The molecule has 2 aromatic carbocycles. The minimum Gasteiger partial charge on any atom is -0.325 e. The molecule has 0 bridgehead atoms. The number of aryl methyl sites for hydroxylation is 3. The second-order valence-electron chi connectivity index (χ2n) is 7.04. The first-order valence-corrected chi connectivity index (χ1v) is 11.3. The van der Waals surface area contributed by atoms with E-state index in [1.807, 2.05) is 75.4 Å². The van der Waals surface area contributed by atoms with E-state index in [1.165, 1.54) is 23.1 Å². The van der Waals surface area contributed by atoms with Gasteiger partial charge in [0.25, 0.3) is 5.56 Å². The van der Waals surface area contributed by atoms with Crippen molar-refractivity contribution < 1.29 is 4.79 Å². The van der Waals surface area contributed by atoms with Crippen molar-refractivity contribution in [1.29, 1.82) is 0 Å². The van der Waals surface area contributed by atoms with Crippen molar-refractivity contribution >= 4 is 44.9 Å². The van der Waals surface area contributed by atoms with Gasteiger partial charge in [0.05, 0.1) is 16.8 Å². The van der Waals surface area contributed by atoms with Crippen LogP contribution < -0.4 is 10.9 Å². The molecule has 2 aromatic heterocycles. The number of fused-ring (bicyclic) bond motifs is 1. The standard InChI is InChI=1S/C23H21N3O2S2/c1-14-8-7-11-18(12-14)26-22(28)20-15(2)16(3)30-21(20)25-23(26)29-13-19(27)24-17-9-5-4-6-10-17/h4-12H,13H2,1-3H3,(H,24,27). The first-order chi connectivity index (χ1) is 14.4. The van der Waals surface area contributed by atoms with Crippen molar-refractivity contribution in [2.24, 2.45) is 0 Å². The van der Waals surface area contributed by atoms with Crippen LogP contribution in [-0.2, 0) is 4.79 Å². The highest BCUT2D eigenvalue weighted by molar-refractivity contribution is 7.99. The average molecular weight is 436 g/mol. The van der Waals surface area contributed by atoms with Crippen LogP contribution in [0.2, 0.25) is 0 Å². The van der Waals surface area contributed by atoms with Crippen molar-refractivity contribution in [3.05, 3.63) is 81.0 Å². The zero-order valence-corrected chi connectivity index (χ0v) is 18.6. The smallest absolute Gasteiger partial charge is 0.267 e. The van der Waals surface area contributed by atoms with E-state index < -0.39 is 0 Å². The lowest BCUT2D eigenvalue weighted by Crippen LogP contribution is -2.23. The molecule has 5 nitrogen and oxygen atoms in total. The van der Waals surface area contributed by atoms with Gasteiger partial charge in [-0.25, -0.2) is 4.98 Å². The molecule has 0 aliphatic carbocycles. The number of carbonyl (C=O) groups excluding carboxylic acids is 1. The van der Waals surface area contributed by atoms with Crippen molar-refractivity contribution in [1.82, 2.24) is 9.55 Å². The molecule has 0 fully saturated rings. The summed E-state index contributed by atoms with van der Waals surface area (Å²) in [6.45, 7) is 5.94. The number of hydrogen-bond acceptors (Lipinski definition) is 5. The molecule has 1 amide bonds. The molecule has 0 saturated carbocycles. The number of nitrogens with one attached hydrogen (secondary N) is 1. The zero-order valence-electron chi connectivity index (χ0n) is 16.9.